The van der Waals surface area contributed by atoms with Gasteiger partial charge in [-0.1, -0.05) is 0 Å². The maximum atomic E-state index is 5.74. The molecule has 4 heavy (non-hydrogen) atoms. The second-order valence-corrected chi connectivity index (χ2v) is 0.144. The first kappa shape index (κ1) is 8.95. The summed E-state index contributed by atoms with van der Waals surface area (Å²) < 4.78 is 0. The molecule has 0 saturated carbocycles. The molecule has 0 aromatic rings. The molecule has 0 heterocycles. The fraction of sp³-hybridized carbons (Fsp3) is 0. The average Bonchev–Trinajstić information content (AvgIpc) is 0.918. The van der Waals surface area contributed by atoms with Crippen LogP contribution in [0, 0.1) is 5.41 Å². The van der Waals surface area contributed by atoms with Crippen LogP contribution in [-0.2, 0) is 0 Å². The monoisotopic (exact) mass is 50.0 g/mol. The Morgan fingerprint density at radius 3 is 1.75 bits per heavy atom. The molecule has 0 aliphatic rings. The SMILES string of the molecule is N=[C-]N.[Li+]. The summed E-state index contributed by atoms with van der Waals surface area (Å²) >= 11 is 0. The summed E-state index contributed by atoms with van der Waals surface area (Å²) in [5, 5.41) is 5.74. The molecule has 0 unspecified atom stereocenters. The first-order valence-corrected chi connectivity index (χ1v) is 0.539. The normalized spacial score (nSPS) is 3.00. The van der Waals surface area contributed by atoms with Crippen molar-refractivity contribution in [2.75, 3.05) is 0 Å². The molecular formula is CH3LiN2. The van der Waals surface area contributed by atoms with Crippen LogP contribution in [-0.4, -0.2) is 6.34 Å². The van der Waals surface area contributed by atoms with Crippen LogP contribution >= 0.6 is 0 Å². The van der Waals surface area contributed by atoms with Crippen LogP contribution < -0.4 is 24.6 Å². The molecule has 0 aliphatic carbocycles. The Bertz CT molecular complexity index is 13.5. The van der Waals surface area contributed by atoms with Crippen molar-refractivity contribution in [3.8, 4) is 0 Å². The third-order valence-electron chi connectivity index (χ3n) is 0. The Labute approximate surface area is 37.1 Å². The van der Waals surface area contributed by atoms with Crippen LogP contribution in [0.25, 0.3) is 0 Å². The van der Waals surface area contributed by atoms with Crippen molar-refractivity contribution >= 4 is 6.34 Å². The smallest absolute Gasteiger partial charge is 0.563 e. The number of hydrogen-bond donors (Lipinski definition) is 2. The Kier molecular flexibility index (Phi) is 25.8. The summed E-state index contributed by atoms with van der Waals surface area (Å²) in [6.07, 6.45) is 1.50. The van der Waals surface area contributed by atoms with E-state index in [1.165, 1.54) is 6.34 Å². The third kappa shape index (κ3) is 518. The largest absolute Gasteiger partial charge is 1.00 e. The van der Waals surface area contributed by atoms with Gasteiger partial charge in [0.05, 0.1) is 0 Å². The van der Waals surface area contributed by atoms with E-state index in [2.05, 4.69) is 5.73 Å². The van der Waals surface area contributed by atoms with Crippen LogP contribution in [0.5, 0.6) is 0 Å². The zero-order valence-electron chi connectivity index (χ0n) is 2.58. The number of nitrogens with two attached hydrogens (primary N) is 1. The van der Waals surface area contributed by atoms with Crippen molar-refractivity contribution < 1.29 is 18.9 Å². The van der Waals surface area contributed by atoms with E-state index in [-0.39, 0.29) is 18.9 Å². The summed E-state index contributed by atoms with van der Waals surface area (Å²) in [5.41, 5.74) is 4.26. The molecule has 3 heteroatoms. The van der Waals surface area contributed by atoms with Gasteiger partial charge in [0.25, 0.3) is 0 Å². The minimum Gasteiger partial charge on any atom is -0.563 e. The van der Waals surface area contributed by atoms with E-state index in [4.69, 9.17) is 5.41 Å². The van der Waals surface area contributed by atoms with Gasteiger partial charge in [0, 0.05) is 0 Å². The fourth-order valence-corrected chi connectivity index (χ4v) is 0. The van der Waals surface area contributed by atoms with E-state index in [1.54, 1.807) is 0 Å². The molecule has 0 bridgehead atoms. The van der Waals surface area contributed by atoms with E-state index in [0.717, 1.165) is 0 Å². The van der Waals surface area contributed by atoms with Gasteiger partial charge in [0.15, 0.2) is 0 Å². The number of hydrogen-bond acceptors (Lipinski definition) is 1. The molecule has 0 rings (SSSR count). The minimum atomic E-state index is 0. The summed E-state index contributed by atoms with van der Waals surface area (Å²) in [7, 11) is 0. The van der Waals surface area contributed by atoms with Gasteiger partial charge in [-0.2, -0.15) is 0 Å². The molecule has 2 nitrogen and oxygen atoms in total. The first-order valence-electron chi connectivity index (χ1n) is 0.539. The molecule has 3 N–H and O–H groups in total. The van der Waals surface area contributed by atoms with Crippen LogP contribution in [0.15, 0.2) is 0 Å². The summed E-state index contributed by atoms with van der Waals surface area (Å²) in [6, 6.07) is 0. The van der Waals surface area contributed by atoms with Gasteiger partial charge in [0.1, 0.15) is 0 Å². The van der Waals surface area contributed by atoms with Crippen LogP contribution in [0.2, 0.25) is 0 Å². The summed E-state index contributed by atoms with van der Waals surface area (Å²) in [4.78, 5) is 0. The zero-order valence-corrected chi connectivity index (χ0v) is 2.58. The second-order valence-electron chi connectivity index (χ2n) is 0.144. The van der Waals surface area contributed by atoms with Crippen molar-refractivity contribution in [2.45, 2.75) is 0 Å². The van der Waals surface area contributed by atoms with E-state index in [1.807, 2.05) is 0 Å². The van der Waals surface area contributed by atoms with E-state index < -0.39 is 0 Å². The Balaban J connectivity index is 0. The maximum absolute atomic E-state index is 5.74. The maximum Gasteiger partial charge on any atom is 1.00 e. The standard InChI is InChI=1S/CH3N2.Li/c2-1-3;/h(H3,2,3);/q-1;+1. The molecule has 0 amide bonds. The van der Waals surface area contributed by atoms with Gasteiger partial charge in [-0.15, -0.1) is 0 Å². The summed E-state index contributed by atoms with van der Waals surface area (Å²) in [6.45, 7) is 0. The van der Waals surface area contributed by atoms with Crippen molar-refractivity contribution in [1.29, 1.82) is 5.41 Å². The van der Waals surface area contributed by atoms with Gasteiger partial charge in [-0.05, 0) is 0 Å². The van der Waals surface area contributed by atoms with Crippen molar-refractivity contribution in [3.63, 3.8) is 0 Å². The second kappa shape index (κ2) is 11.5. The molecule has 0 aliphatic heterocycles. The molecule has 0 fully saturated rings. The first-order chi connectivity index (χ1) is 1.41. The zero-order chi connectivity index (χ0) is 2.71. The molecule has 18 valence electrons. The molecule has 0 aromatic carbocycles. The molecule has 0 saturated heterocycles. The van der Waals surface area contributed by atoms with Crippen LogP contribution in [0.4, 0.5) is 0 Å². The van der Waals surface area contributed by atoms with Gasteiger partial charge in [0.2, 0.25) is 0 Å². The van der Waals surface area contributed by atoms with Gasteiger partial charge < -0.3 is 17.5 Å². The molecule has 0 radical (unpaired) electrons. The predicted molar refractivity (Wildman–Crippen MR) is 11.9 cm³/mol. The predicted octanol–water partition coefficient (Wildman–Crippen LogP) is -3.57. The topological polar surface area (TPSA) is 49.9 Å². The Morgan fingerprint density at radius 2 is 1.75 bits per heavy atom. The molecule has 0 aromatic heterocycles. The number of rotatable bonds is 0. The molecule has 0 atom stereocenters. The van der Waals surface area contributed by atoms with Gasteiger partial charge in [-0.3, -0.25) is 0 Å². The average molecular weight is 50.0 g/mol. The van der Waals surface area contributed by atoms with Crippen LogP contribution in [0.1, 0.15) is 0 Å². The Hall–Kier alpha value is 0.0674. The third-order valence-corrected chi connectivity index (χ3v) is 0. The van der Waals surface area contributed by atoms with E-state index in [0.29, 0.717) is 0 Å². The van der Waals surface area contributed by atoms with Crippen molar-refractivity contribution in [3.05, 3.63) is 0 Å². The summed E-state index contributed by atoms with van der Waals surface area (Å²) in [5.74, 6) is 0. The van der Waals surface area contributed by atoms with Crippen LogP contribution in [0.3, 0.4) is 0 Å². The van der Waals surface area contributed by atoms with Crippen molar-refractivity contribution in [1.82, 2.24) is 0 Å². The Morgan fingerprint density at radius 1 is 1.75 bits per heavy atom. The quantitative estimate of drug-likeness (QED) is 0.0964. The molecular weight excluding hydrogens is 47.0 g/mol. The van der Waals surface area contributed by atoms with Gasteiger partial charge in [-0.25, -0.2) is 0 Å². The fourth-order valence-electron chi connectivity index (χ4n) is 0. The van der Waals surface area contributed by atoms with Crippen molar-refractivity contribution in [2.24, 2.45) is 5.73 Å². The molecule has 0 spiro atoms. The number of nitrogens with one attached hydrogen (secondary N) is 1. The minimum absolute atomic E-state index is 0. The van der Waals surface area contributed by atoms with E-state index in [9.17, 15) is 0 Å². The van der Waals surface area contributed by atoms with Gasteiger partial charge >= 0.3 is 18.9 Å². The van der Waals surface area contributed by atoms with E-state index >= 15 is 0 Å².